The van der Waals surface area contributed by atoms with Crippen LogP contribution in [-0.2, 0) is 0 Å². The van der Waals surface area contributed by atoms with Crippen LogP contribution in [0.1, 0.15) is 10.8 Å². The second kappa shape index (κ2) is 6.24. The van der Waals surface area contributed by atoms with Gasteiger partial charge >= 0.3 is 0 Å². The summed E-state index contributed by atoms with van der Waals surface area (Å²) in [5.74, 6) is 0.937. The highest BCUT2D eigenvalue weighted by molar-refractivity contribution is 8.25. The van der Waals surface area contributed by atoms with Crippen molar-refractivity contribution in [1.29, 1.82) is 0 Å². The molecule has 0 N–H and O–H groups in total. The largest absolute Gasteiger partial charge is 0.295 e. The van der Waals surface area contributed by atoms with Crippen molar-refractivity contribution in [3.63, 3.8) is 0 Å². The predicted molar refractivity (Wildman–Crippen MR) is 90.5 cm³/mol. The summed E-state index contributed by atoms with van der Waals surface area (Å²) < 4.78 is 2.89. The Bertz CT molecular complexity index is 656. The third-order valence-corrected chi connectivity index (χ3v) is 6.92. The highest BCUT2D eigenvalue weighted by Crippen LogP contribution is 2.53. The van der Waals surface area contributed by atoms with Gasteiger partial charge in [0.05, 0.1) is 10.6 Å². The maximum atomic E-state index is 6.38. The number of aromatic nitrogens is 2. The Morgan fingerprint density at radius 1 is 1.35 bits per heavy atom. The molecule has 2 aromatic rings. The molecule has 1 aliphatic heterocycles. The Labute approximate surface area is 140 Å². The fraction of sp³-hybridized carbons (Fsp3) is 0.154. The van der Waals surface area contributed by atoms with Crippen molar-refractivity contribution in [3.8, 4) is 0 Å². The number of benzene rings is 1. The summed E-state index contributed by atoms with van der Waals surface area (Å²) in [4.78, 5) is 4.01. The molecular weight excluding hydrogens is 355 g/mol. The standard InChI is InChI=1S/C13H9Cl3N2S2/c14-8-1-2-9(10(15)5-8)11-6-19-13(20-11)12(16)18-4-3-17-7-18/h1-5,7,11H,6H2. The minimum absolute atomic E-state index is 0.289. The number of thioether (sulfide) groups is 2. The summed E-state index contributed by atoms with van der Waals surface area (Å²) in [5, 5.41) is 2.33. The molecule has 0 bridgehead atoms. The molecule has 1 atom stereocenters. The topological polar surface area (TPSA) is 17.8 Å². The molecule has 1 saturated heterocycles. The summed E-state index contributed by atoms with van der Waals surface area (Å²) in [5.41, 5.74) is 1.10. The van der Waals surface area contributed by atoms with Gasteiger partial charge < -0.3 is 0 Å². The lowest BCUT2D eigenvalue weighted by molar-refractivity contribution is 1.12. The minimum Gasteiger partial charge on any atom is -0.295 e. The van der Waals surface area contributed by atoms with Crippen LogP contribution in [-0.4, -0.2) is 15.3 Å². The zero-order valence-corrected chi connectivity index (χ0v) is 14.0. The van der Waals surface area contributed by atoms with Crippen LogP contribution in [0.2, 0.25) is 10.0 Å². The van der Waals surface area contributed by atoms with Crippen molar-refractivity contribution in [1.82, 2.24) is 9.55 Å². The molecule has 0 radical (unpaired) electrons. The van der Waals surface area contributed by atoms with Crippen LogP contribution >= 0.6 is 58.3 Å². The third kappa shape index (κ3) is 3.00. The first-order valence-electron chi connectivity index (χ1n) is 5.77. The monoisotopic (exact) mass is 362 g/mol. The number of nitrogens with zero attached hydrogens (tertiary/aromatic N) is 2. The number of rotatable bonds is 2. The minimum atomic E-state index is 0.289. The van der Waals surface area contributed by atoms with Gasteiger partial charge in [0.15, 0.2) is 0 Å². The van der Waals surface area contributed by atoms with E-state index in [2.05, 4.69) is 4.98 Å². The predicted octanol–water partition coefficient (Wildman–Crippen LogP) is 5.73. The van der Waals surface area contributed by atoms with Gasteiger partial charge in [-0.3, -0.25) is 4.57 Å². The Hall–Kier alpha value is -0.260. The van der Waals surface area contributed by atoms with E-state index in [0.29, 0.717) is 15.2 Å². The molecule has 2 heterocycles. The number of halogens is 3. The fourth-order valence-electron chi connectivity index (χ4n) is 1.85. The molecule has 104 valence electrons. The van der Waals surface area contributed by atoms with E-state index >= 15 is 0 Å². The number of imidazole rings is 1. The van der Waals surface area contributed by atoms with E-state index in [1.165, 1.54) is 0 Å². The van der Waals surface area contributed by atoms with Crippen molar-refractivity contribution < 1.29 is 0 Å². The van der Waals surface area contributed by atoms with E-state index in [1.807, 2.05) is 22.9 Å². The van der Waals surface area contributed by atoms with Gasteiger partial charge in [0.2, 0.25) is 0 Å². The van der Waals surface area contributed by atoms with Crippen molar-refractivity contribution in [3.05, 3.63) is 56.8 Å². The van der Waals surface area contributed by atoms with Crippen molar-refractivity contribution >= 4 is 63.5 Å². The van der Waals surface area contributed by atoms with Gasteiger partial charge in [0.25, 0.3) is 0 Å². The van der Waals surface area contributed by atoms with Crippen LogP contribution in [0.4, 0.5) is 0 Å². The second-order valence-electron chi connectivity index (χ2n) is 4.13. The first-order valence-corrected chi connectivity index (χ1v) is 8.77. The summed E-state index contributed by atoms with van der Waals surface area (Å²) in [6.07, 6.45) is 5.23. The molecular formula is C13H9Cl3N2S2. The zero-order valence-electron chi connectivity index (χ0n) is 10.1. The van der Waals surface area contributed by atoms with Crippen molar-refractivity contribution in [2.45, 2.75) is 5.25 Å². The summed E-state index contributed by atoms with van der Waals surface area (Å²) in [6.45, 7) is 0. The van der Waals surface area contributed by atoms with Crippen LogP contribution in [0, 0.1) is 0 Å². The Kier molecular flexibility index (Phi) is 4.58. The van der Waals surface area contributed by atoms with Crippen molar-refractivity contribution in [2.24, 2.45) is 0 Å². The highest BCUT2D eigenvalue weighted by Gasteiger charge is 2.27. The average Bonchev–Trinajstić information content (AvgIpc) is 3.09. The molecule has 1 aromatic heterocycles. The average molecular weight is 364 g/mol. The van der Waals surface area contributed by atoms with Gasteiger partial charge in [0.1, 0.15) is 5.16 Å². The molecule has 7 heteroatoms. The quantitative estimate of drug-likeness (QED) is 0.678. The first-order chi connectivity index (χ1) is 9.65. The normalized spacial score (nSPS) is 21.2. The van der Waals surface area contributed by atoms with Gasteiger partial charge in [-0.05, 0) is 17.7 Å². The lowest BCUT2D eigenvalue weighted by Crippen LogP contribution is -1.93. The van der Waals surface area contributed by atoms with Crippen molar-refractivity contribution in [2.75, 3.05) is 5.75 Å². The Morgan fingerprint density at radius 2 is 2.20 bits per heavy atom. The smallest absolute Gasteiger partial charge is 0.134 e. The molecule has 2 nitrogen and oxygen atoms in total. The van der Waals surface area contributed by atoms with E-state index in [9.17, 15) is 0 Å². The van der Waals surface area contributed by atoms with E-state index in [4.69, 9.17) is 34.8 Å². The van der Waals surface area contributed by atoms with Gasteiger partial charge in [0, 0.05) is 33.4 Å². The van der Waals surface area contributed by atoms with E-state index in [-0.39, 0.29) is 5.25 Å². The molecule has 0 saturated carbocycles. The van der Waals surface area contributed by atoms with Gasteiger partial charge in [-0.2, -0.15) is 0 Å². The molecule has 1 aromatic carbocycles. The zero-order chi connectivity index (χ0) is 14.1. The van der Waals surface area contributed by atoms with Gasteiger partial charge in [-0.1, -0.05) is 40.9 Å². The van der Waals surface area contributed by atoms with Gasteiger partial charge in [-0.15, -0.1) is 23.5 Å². The molecule has 0 spiro atoms. The van der Waals surface area contributed by atoms with Crippen LogP contribution < -0.4 is 0 Å². The van der Waals surface area contributed by atoms with Crippen LogP contribution in [0.3, 0.4) is 0 Å². The van der Waals surface area contributed by atoms with Crippen LogP contribution in [0.25, 0.3) is 5.16 Å². The SMILES string of the molecule is ClC(=C1SCC(c2ccc(Cl)cc2Cl)S1)n1ccnc1. The van der Waals surface area contributed by atoms with Gasteiger partial charge in [-0.25, -0.2) is 4.98 Å². The summed E-state index contributed by atoms with van der Waals surface area (Å²) >= 11 is 22.0. The lowest BCUT2D eigenvalue weighted by atomic mass is 10.2. The molecule has 0 amide bonds. The summed E-state index contributed by atoms with van der Waals surface area (Å²) in [6, 6.07) is 5.63. The van der Waals surface area contributed by atoms with Crippen LogP contribution in [0.15, 0.2) is 41.2 Å². The Morgan fingerprint density at radius 3 is 2.90 bits per heavy atom. The summed E-state index contributed by atoms with van der Waals surface area (Å²) in [7, 11) is 0. The van der Waals surface area contributed by atoms with E-state index < -0.39 is 0 Å². The highest BCUT2D eigenvalue weighted by atomic mass is 35.5. The molecule has 1 aliphatic rings. The lowest BCUT2D eigenvalue weighted by Gasteiger charge is -2.10. The van der Waals surface area contributed by atoms with E-state index in [1.54, 1.807) is 42.1 Å². The van der Waals surface area contributed by atoms with E-state index in [0.717, 1.165) is 15.6 Å². The van der Waals surface area contributed by atoms with Crippen LogP contribution in [0.5, 0.6) is 0 Å². The maximum absolute atomic E-state index is 6.38. The maximum Gasteiger partial charge on any atom is 0.134 e. The molecule has 1 unspecified atom stereocenters. The fourth-order valence-corrected chi connectivity index (χ4v) is 5.66. The number of hydrogen-bond acceptors (Lipinski definition) is 3. The molecule has 0 aliphatic carbocycles. The Balaban J connectivity index is 1.85. The third-order valence-electron chi connectivity index (χ3n) is 2.82. The second-order valence-corrected chi connectivity index (χ2v) is 7.83. The number of hydrogen-bond donors (Lipinski definition) is 0. The molecule has 20 heavy (non-hydrogen) atoms. The first kappa shape index (κ1) is 14.7. The molecule has 1 fully saturated rings. The molecule has 3 rings (SSSR count).